The highest BCUT2D eigenvalue weighted by Crippen LogP contribution is 2.25. The van der Waals surface area contributed by atoms with Gasteiger partial charge in [0.05, 0.1) is 0 Å². The van der Waals surface area contributed by atoms with Gasteiger partial charge in [-0.3, -0.25) is 0 Å². The van der Waals surface area contributed by atoms with Crippen molar-refractivity contribution in [1.82, 2.24) is 15.0 Å². The highest BCUT2D eigenvalue weighted by Gasteiger charge is 2.03. The number of aromatic nitrogens is 3. The minimum absolute atomic E-state index is 0.136. The number of nitrogens with zero attached hydrogens (tertiary/aromatic N) is 3. The molecule has 1 heterocycles. The third-order valence-electron chi connectivity index (χ3n) is 1.70. The first-order valence-corrected chi connectivity index (χ1v) is 6.43. The summed E-state index contributed by atoms with van der Waals surface area (Å²) in [6.07, 6.45) is 0. The maximum atomic E-state index is 8.88. The van der Waals surface area contributed by atoms with Gasteiger partial charge in [0.2, 0.25) is 11.9 Å². The van der Waals surface area contributed by atoms with Crippen LogP contribution < -0.4 is 11.5 Å². The lowest BCUT2D eigenvalue weighted by Crippen LogP contribution is -2.04. The molecule has 2 aromatic rings. The van der Waals surface area contributed by atoms with E-state index < -0.39 is 7.82 Å². The van der Waals surface area contributed by atoms with Gasteiger partial charge in [-0.15, -0.1) is 0 Å². The van der Waals surface area contributed by atoms with E-state index in [-0.39, 0.29) is 11.9 Å². The standard InChI is InChI=1S/C9H9N5.H3O4P/c10-8-12-7(13-9(11)14-8)6-4-2-1-3-5-6;1-5(2,3)4/h1-5H,(H4,10,11,12,13,14);(H3,1,2,3,4). The van der Waals surface area contributed by atoms with E-state index in [1.807, 2.05) is 30.3 Å². The molecule has 10 heteroatoms. The normalized spacial score (nSPS) is 10.5. The second-order valence-electron chi connectivity index (χ2n) is 3.25. The smallest absolute Gasteiger partial charge is 0.368 e. The van der Waals surface area contributed by atoms with Crippen molar-refractivity contribution in [1.29, 1.82) is 0 Å². The van der Waals surface area contributed by atoms with Crippen LogP contribution in [0.5, 0.6) is 0 Å². The predicted molar refractivity (Wildman–Crippen MR) is 68.4 cm³/mol. The molecule has 0 saturated carbocycles. The van der Waals surface area contributed by atoms with Crippen molar-refractivity contribution in [3.63, 3.8) is 0 Å². The van der Waals surface area contributed by atoms with Gasteiger partial charge in [0.1, 0.15) is 0 Å². The molecule has 7 N–H and O–H groups in total. The lowest BCUT2D eigenvalue weighted by molar-refractivity contribution is 0.275. The first kappa shape index (κ1) is 15.0. The summed E-state index contributed by atoms with van der Waals surface area (Å²) in [6.45, 7) is 0. The van der Waals surface area contributed by atoms with Crippen LogP contribution in [0.15, 0.2) is 30.3 Å². The molecule has 1 aromatic heterocycles. The Kier molecular flexibility index (Phi) is 4.90. The third kappa shape index (κ3) is 6.43. The molecule has 0 saturated heterocycles. The van der Waals surface area contributed by atoms with Crippen LogP contribution in [0.25, 0.3) is 11.4 Å². The number of rotatable bonds is 1. The van der Waals surface area contributed by atoms with Gasteiger partial charge < -0.3 is 26.1 Å². The Morgan fingerprint density at radius 1 is 0.895 bits per heavy atom. The molecule has 0 unspecified atom stereocenters. The summed E-state index contributed by atoms with van der Waals surface area (Å²) < 4.78 is 8.88. The molecule has 0 aliphatic carbocycles. The molecule has 0 spiro atoms. The second-order valence-corrected chi connectivity index (χ2v) is 4.28. The number of hydrogen-bond acceptors (Lipinski definition) is 6. The quantitative estimate of drug-likeness (QED) is 0.444. The van der Waals surface area contributed by atoms with Crippen molar-refractivity contribution in [2.45, 2.75) is 0 Å². The number of anilines is 2. The van der Waals surface area contributed by atoms with Gasteiger partial charge in [-0.2, -0.15) is 15.0 Å². The average molecular weight is 285 g/mol. The maximum Gasteiger partial charge on any atom is 0.466 e. The van der Waals surface area contributed by atoms with E-state index in [0.717, 1.165) is 5.56 Å². The van der Waals surface area contributed by atoms with Crippen LogP contribution in [0.3, 0.4) is 0 Å². The van der Waals surface area contributed by atoms with Gasteiger partial charge in [-0.05, 0) is 0 Å². The Hall–Kier alpha value is -2.06. The molecule has 9 nitrogen and oxygen atoms in total. The van der Waals surface area contributed by atoms with Crippen LogP contribution in [0.1, 0.15) is 0 Å². The Balaban J connectivity index is 0.000000312. The highest BCUT2D eigenvalue weighted by molar-refractivity contribution is 7.45. The SMILES string of the molecule is Nc1nc(N)nc(-c2ccccc2)n1.O=P(O)(O)O. The van der Waals surface area contributed by atoms with E-state index in [2.05, 4.69) is 15.0 Å². The summed E-state index contributed by atoms with van der Waals surface area (Å²) >= 11 is 0. The Bertz CT molecular complexity index is 560. The predicted octanol–water partition coefficient (Wildman–Crippen LogP) is -0.226. The highest BCUT2D eigenvalue weighted by atomic mass is 31.2. The minimum Gasteiger partial charge on any atom is -0.368 e. The van der Waals surface area contributed by atoms with E-state index >= 15 is 0 Å². The molecule has 0 aliphatic rings. The molecule has 0 bridgehead atoms. The molecule has 2 rings (SSSR count). The third-order valence-corrected chi connectivity index (χ3v) is 1.70. The second kappa shape index (κ2) is 6.21. The number of benzene rings is 1. The molecule has 0 amide bonds. The maximum absolute atomic E-state index is 8.88. The Labute approximate surface area is 108 Å². The number of phosphoric acid groups is 1. The zero-order chi connectivity index (χ0) is 14.5. The fourth-order valence-electron chi connectivity index (χ4n) is 1.13. The van der Waals surface area contributed by atoms with Gasteiger partial charge >= 0.3 is 7.82 Å². The van der Waals surface area contributed by atoms with E-state index in [0.29, 0.717) is 5.82 Å². The van der Waals surface area contributed by atoms with Gasteiger partial charge in [0.25, 0.3) is 0 Å². The number of nitrogens with two attached hydrogens (primary N) is 2. The minimum atomic E-state index is -4.64. The molecular weight excluding hydrogens is 273 g/mol. The number of nitrogen functional groups attached to an aromatic ring is 2. The van der Waals surface area contributed by atoms with Gasteiger partial charge in [-0.25, -0.2) is 4.57 Å². The van der Waals surface area contributed by atoms with E-state index in [4.69, 9.17) is 30.7 Å². The zero-order valence-electron chi connectivity index (χ0n) is 9.58. The molecule has 0 aliphatic heterocycles. The molecule has 19 heavy (non-hydrogen) atoms. The van der Waals surface area contributed by atoms with Crippen molar-refractivity contribution in [3.8, 4) is 11.4 Å². The molecule has 102 valence electrons. The van der Waals surface area contributed by atoms with Gasteiger partial charge in [-0.1, -0.05) is 30.3 Å². The summed E-state index contributed by atoms with van der Waals surface area (Å²) in [5, 5.41) is 0. The van der Waals surface area contributed by atoms with Crippen molar-refractivity contribution in [2.75, 3.05) is 11.5 Å². The van der Waals surface area contributed by atoms with Crippen LogP contribution in [0.2, 0.25) is 0 Å². The summed E-state index contributed by atoms with van der Waals surface area (Å²) in [5.74, 6) is 0.767. The molecule has 1 aromatic carbocycles. The van der Waals surface area contributed by atoms with E-state index in [1.54, 1.807) is 0 Å². The van der Waals surface area contributed by atoms with E-state index in [1.165, 1.54) is 0 Å². The Morgan fingerprint density at radius 3 is 1.74 bits per heavy atom. The first-order valence-electron chi connectivity index (χ1n) is 4.86. The van der Waals surface area contributed by atoms with Gasteiger partial charge in [0.15, 0.2) is 5.82 Å². The topological polar surface area (TPSA) is 168 Å². The van der Waals surface area contributed by atoms with Crippen molar-refractivity contribution >= 4 is 19.7 Å². The largest absolute Gasteiger partial charge is 0.466 e. The molecular formula is C9H12N5O4P. The van der Waals surface area contributed by atoms with Crippen LogP contribution in [0, 0.1) is 0 Å². The van der Waals surface area contributed by atoms with E-state index in [9.17, 15) is 0 Å². The van der Waals surface area contributed by atoms with Crippen LogP contribution in [-0.4, -0.2) is 29.6 Å². The first-order chi connectivity index (χ1) is 8.75. The fourth-order valence-corrected chi connectivity index (χ4v) is 1.13. The van der Waals surface area contributed by atoms with Crippen molar-refractivity contribution in [2.24, 2.45) is 0 Å². The van der Waals surface area contributed by atoms with Gasteiger partial charge in [0, 0.05) is 5.56 Å². The average Bonchev–Trinajstić information content (AvgIpc) is 2.26. The fraction of sp³-hybridized carbons (Fsp3) is 0. The molecule has 0 radical (unpaired) electrons. The lowest BCUT2D eigenvalue weighted by atomic mass is 10.2. The van der Waals surface area contributed by atoms with Crippen LogP contribution >= 0.6 is 7.82 Å². The summed E-state index contributed by atoms with van der Waals surface area (Å²) in [5.41, 5.74) is 11.8. The Morgan fingerprint density at radius 2 is 1.32 bits per heavy atom. The van der Waals surface area contributed by atoms with Crippen molar-refractivity contribution < 1.29 is 19.2 Å². The number of hydrogen-bond donors (Lipinski definition) is 5. The van der Waals surface area contributed by atoms with Crippen LogP contribution in [-0.2, 0) is 4.57 Å². The monoisotopic (exact) mass is 285 g/mol. The summed E-state index contributed by atoms with van der Waals surface area (Å²) in [4.78, 5) is 33.2. The van der Waals surface area contributed by atoms with Crippen molar-refractivity contribution in [3.05, 3.63) is 30.3 Å². The molecule has 0 fully saturated rings. The summed E-state index contributed by atoms with van der Waals surface area (Å²) in [7, 11) is -4.64. The van der Waals surface area contributed by atoms with Crippen LogP contribution in [0.4, 0.5) is 11.9 Å². The summed E-state index contributed by atoms with van der Waals surface area (Å²) in [6, 6.07) is 9.47. The molecule has 0 atom stereocenters. The lowest BCUT2D eigenvalue weighted by Gasteiger charge is -2.00. The zero-order valence-corrected chi connectivity index (χ0v) is 10.5.